The van der Waals surface area contributed by atoms with Crippen LogP contribution in [-0.2, 0) is 13.1 Å². The number of fused-ring (bicyclic) bond motifs is 1. The van der Waals surface area contributed by atoms with Crippen molar-refractivity contribution in [2.45, 2.75) is 32.0 Å². The summed E-state index contributed by atoms with van der Waals surface area (Å²) in [5, 5.41) is 6.59. The van der Waals surface area contributed by atoms with Crippen molar-refractivity contribution < 1.29 is 14.3 Å². The minimum absolute atomic E-state index is 0.0149. The Hall–Kier alpha value is -2.73. The third-order valence-electron chi connectivity index (χ3n) is 5.03. The van der Waals surface area contributed by atoms with Crippen molar-refractivity contribution in [3.8, 4) is 11.5 Å². The van der Waals surface area contributed by atoms with Gasteiger partial charge in [-0.15, -0.1) is 0 Å². The number of hydrogen-bond donors (Lipinski definition) is 2. The smallest absolute Gasteiger partial charge is 0.317 e. The molecule has 0 aromatic heterocycles. The molecule has 6 nitrogen and oxygen atoms in total. The standard InChI is InChI=1S/C21H25N3O3/c25-21(23-13-17-8-9-19-20(11-17)27-15-26-19)24-10-4-7-18(14-24)22-12-16-5-2-1-3-6-16/h1-3,5-6,8-9,11,18,22H,4,7,10,12-15H2,(H,23,25)/t18-/m1/s1. The largest absolute Gasteiger partial charge is 0.454 e. The summed E-state index contributed by atoms with van der Waals surface area (Å²) < 4.78 is 10.7. The molecule has 6 heteroatoms. The molecule has 0 spiro atoms. The normalized spacial score (nSPS) is 18.4. The lowest BCUT2D eigenvalue weighted by Gasteiger charge is -2.33. The number of urea groups is 1. The van der Waals surface area contributed by atoms with Gasteiger partial charge in [-0.2, -0.15) is 0 Å². The van der Waals surface area contributed by atoms with Crippen LogP contribution in [0.4, 0.5) is 4.79 Å². The lowest BCUT2D eigenvalue weighted by molar-refractivity contribution is 0.172. The number of amides is 2. The van der Waals surface area contributed by atoms with Crippen molar-refractivity contribution in [2.24, 2.45) is 0 Å². The highest BCUT2D eigenvalue weighted by molar-refractivity contribution is 5.74. The molecule has 27 heavy (non-hydrogen) atoms. The highest BCUT2D eigenvalue weighted by Gasteiger charge is 2.23. The molecule has 2 amide bonds. The Balaban J connectivity index is 1.25. The van der Waals surface area contributed by atoms with Crippen LogP contribution in [0.15, 0.2) is 48.5 Å². The van der Waals surface area contributed by atoms with Crippen molar-refractivity contribution in [3.05, 3.63) is 59.7 Å². The van der Waals surface area contributed by atoms with Crippen LogP contribution < -0.4 is 20.1 Å². The number of piperidine rings is 1. The summed E-state index contributed by atoms with van der Waals surface area (Å²) >= 11 is 0. The molecule has 1 atom stereocenters. The Morgan fingerprint density at radius 2 is 1.89 bits per heavy atom. The fourth-order valence-corrected chi connectivity index (χ4v) is 3.53. The van der Waals surface area contributed by atoms with Gasteiger partial charge in [0.05, 0.1) is 0 Å². The van der Waals surface area contributed by atoms with E-state index in [9.17, 15) is 4.79 Å². The average Bonchev–Trinajstić information content (AvgIpc) is 3.19. The molecule has 0 bridgehead atoms. The van der Waals surface area contributed by atoms with Crippen molar-refractivity contribution >= 4 is 6.03 Å². The second-order valence-electron chi connectivity index (χ2n) is 7.00. The van der Waals surface area contributed by atoms with Crippen molar-refractivity contribution in [1.82, 2.24) is 15.5 Å². The quantitative estimate of drug-likeness (QED) is 0.853. The number of rotatable bonds is 5. The molecule has 0 aliphatic carbocycles. The van der Waals surface area contributed by atoms with Gasteiger partial charge in [-0.05, 0) is 36.1 Å². The zero-order valence-electron chi connectivity index (χ0n) is 15.3. The molecular weight excluding hydrogens is 342 g/mol. The first-order valence-electron chi connectivity index (χ1n) is 9.46. The van der Waals surface area contributed by atoms with E-state index in [2.05, 4.69) is 22.8 Å². The molecule has 4 rings (SSSR count). The summed E-state index contributed by atoms with van der Waals surface area (Å²) in [6.45, 7) is 3.11. The second-order valence-corrected chi connectivity index (χ2v) is 7.00. The molecule has 2 aliphatic rings. The van der Waals surface area contributed by atoms with Gasteiger partial charge in [-0.25, -0.2) is 4.79 Å². The van der Waals surface area contributed by atoms with E-state index in [0.717, 1.165) is 49.5 Å². The first-order chi connectivity index (χ1) is 13.3. The highest BCUT2D eigenvalue weighted by atomic mass is 16.7. The first kappa shape index (κ1) is 17.7. The van der Waals surface area contributed by atoms with Crippen LogP contribution in [0.3, 0.4) is 0 Å². The number of likely N-dealkylation sites (tertiary alicyclic amines) is 1. The summed E-state index contributed by atoms with van der Waals surface area (Å²) in [7, 11) is 0. The maximum absolute atomic E-state index is 12.6. The maximum atomic E-state index is 12.6. The van der Waals surface area contributed by atoms with Gasteiger partial charge in [0, 0.05) is 32.2 Å². The van der Waals surface area contributed by atoms with Gasteiger partial charge in [-0.1, -0.05) is 36.4 Å². The van der Waals surface area contributed by atoms with Crippen LogP contribution in [0.5, 0.6) is 11.5 Å². The SMILES string of the molecule is O=C(NCc1ccc2c(c1)OCO2)N1CCC[C@@H](NCc2ccccc2)C1. The highest BCUT2D eigenvalue weighted by Crippen LogP contribution is 2.32. The molecule has 2 aliphatic heterocycles. The number of nitrogens with zero attached hydrogens (tertiary/aromatic N) is 1. The Morgan fingerprint density at radius 1 is 1.04 bits per heavy atom. The minimum Gasteiger partial charge on any atom is -0.454 e. The van der Waals surface area contributed by atoms with Crippen LogP contribution in [-0.4, -0.2) is 36.9 Å². The number of ether oxygens (including phenoxy) is 2. The van der Waals surface area contributed by atoms with E-state index >= 15 is 0 Å². The van der Waals surface area contributed by atoms with Crippen molar-refractivity contribution in [3.63, 3.8) is 0 Å². The average molecular weight is 367 g/mol. The molecule has 2 heterocycles. The summed E-state index contributed by atoms with van der Waals surface area (Å²) in [5.74, 6) is 1.50. The molecule has 2 aromatic carbocycles. The number of nitrogens with one attached hydrogen (secondary N) is 2. The number of carbonyl (C=O) groups is 1. The third kappa shape index (κ3) is 4.52. The molecule has 2 aromatic rings. The number of carbonyl (C=O) groups excluding carboxylic acids is 1. The maximum Gasteiger partial charge on any atom is 0.317 e. The predicted octanol–water partition coefficient (Wildman–Crippen LogP) is 2.88. The molecule has 1 fully saturated rings. The lowest BCUT2D eigenvalue weighted by Crippen LogP contribution is -2.50. The van der Waals surface area contributed by atoms with Gasteiger partial charge in [0.2, 0.25) is 6.79 Å². The molecule has 0 radical (unpaired) electrons. The van der Waals surface area contributed by atoms with Crippen molar-refractivity contribution in [1.29, 1.82) is 0 Å². The zero-order valence-corrected chi connectivity index (χ0v) is 15.3. The van der Waals surface area contributed by atoms with Crippen LogP contribution in [0, 0.1) is 0 Å². The summed E-state index contributed by atoms with van der Waals surface area (Å²) in [6, 6.07) is 16.4. The minimum atomic E-state index is -0.0149. The van der Waals surface area contributed by atoms with E-state index in [1.807, 2.05) is 41.3 Å². The van der Waals surface area contributed by atoms with Crippen LogP contribution in [0.2, 0.25) is 0 Å². The van der Waals surface area contributed by atoms with E-state index in [-0.39, 0.29) is 12.8 Å². The van der Waals surface area contributed by atoms with E-state index < -0.39 is 0 Å². The molecule has 142 valence electrons. The van der Waals surface area contributed by atoms with Gasteiger partial charge < -0.3 is 25.0 Å². The zero-order chi connectivity index (χ0) is 18.5. The Bertz CT molecular complexity index is 781. The molecule has 2 N–H and O–H groups in total. The van der Waals surface area contributed by atoms with Gasteiger partial charge in [-0.3, -0.25) is 0 Å². The Kier molecular flexibility index (Phi) is 5.44. The monoisotopic (exact) mass is 367 g/mol. The Labute approximate surface area is 159 Å². The summed E-state index contributed by atoms with van der Waals surface area (Å²) in [6.07, 6.45) is 2.11. The molecule has 0 unspecified atom stereocenters. The van der Waals surface area contributed by atoms with Gasteiger partial charge in [0.25, 0.3) is 0 Å². The Morgan fingerprint density at radius 3 is 2.78 bits per heavy atom. The summed E-state index contributed by atoms with van der Waals surface area (Å²) in [4.78, 5) is 14.5. The summed E-state index contributed by atoms with van der Waals surface area (Å²) in [5.41, 5.74) is 2.27. The lowest BCUT2D eigenvalue weighted by atomic mass is 10.1. The fraction of sp³-hybridized carbons (Fsp3) is 0.381. The molecular formula is C21H25N3O3. The number of benzene rings is 2. The topological polar surface area (TPSA) is 62.8 Å². The molecule has 1 saturated heterocycles. The van der Waals surface area contributed by atoms with Crippen LogP contribution >= 0.6 is 0 Å². The fourth-order valence-electron chi connectivity index (χ4n) is 3.53. The second kappa shape index (κ2) is 8.31. The van der Waals surface area contributed by atoms with Gasteiger partial charge in [0.1, 0.15) is 0 Å². The first-order valence-corrected chi connectivity index (χ1v) is 9.46. The molecule has 0 saturated carbocycles. The van der Waals surface area contributed by atoms with Gasteiger partial charge in [0.15, 0.2) is 11.5 Å². The third-order valence-corrected chi connectivity index (χ3v) is 5.03. The number of hydrogen-bond acceptors (Lipinski definition) is 4. The predicted molar refractivity (Wildman–Crippen MR) is 103 cm³/mol. The van der Waals surface area contributed by atoms with E-state index in [1.54, 1.807) is 0 Å². The van der Waals surface area contributed by atoms with E-state index in [0.29, 0.717) is 12.6 Å². The van der Waals surface area contributed by atoms with Gasteiger partial charge >= 0.3 is 6.03 Å². The van der Waals surface area contributed by atoms with E-state index in [4.69, 9.17) is 9.47 Å². The van der Waals surface area contributed by atoms with Crippen molar-refractivity contribution in [2.75, 3.05) is 19.9 Å². The van der Waals surface area contributed by atoms with Crippen LogP contribution in [0.25, 0.3) is 0 Å². The van der Waals surface area contributed by atoms with E-state index in [1.165, 1.54) is 5.56 Å². The van der Waals surface area contributed by atoms with Crippen LogP contribution in [0.1, 0.15) is 24.0 Å².